The molecule has 1 saturated heterocycles. The summed E-state index contributed by atoms with van der Waals surface area (Å²) in [6.07, 6.45) is 5.75. The van der Waals surface area contributed by atoms with Crippen LogP contribution in [0.15, 0.2) is 0 Å². The molecule has 1 aliphatic heterocycles. The average Bonchev–Trinajstić information content (AvgIpc) is 2.19. The Kier molecular flexibility index (Phi) is 4.60. The first-order valence-electron chi connectivity index (χ1n) is 6.25. The first kappa shape index (κ1) is 12.5. The molecule has 0 radical (unpaired) electrons. The smallest absolute Gasteiger partial charge is 0.0625 e. The van der Waals surface area contributed by atoms with Gasteiger partial charge < -0.3 is 0 Å². The van der Waals surface area contributed by atoms with Crippen molar-refractivity contribution in [2.24, 2.45) is 5.92 Å². The molecule has 0 N–H and O–H groups in total. The van der Waals surface area contributed by atoms with Crippen molar-refractivity contribution in [1.29, 1.82) is 5.26 Å². The van der Waals surface area contributed by atoms with Crippen molar-refractivity contribution in [2.75, 3.05) is 13.1 Å². The Labute approximate surface area is 94.3 Å². The molecule has 1 atom stereocenters. The van der Waals surface area contributed by atoms with E-state index in [-0.39, 0.29) is 5.54 Å². The average molecular weight is 208 g/mol. The maximum Gasteiger partial charge on any atom is 0.0625 e. The Bertz CT molecular complexity index is 227. The maximum absolute atomic E-state index is 8.84. The highest BCUT2D eigenvalue weighted by Crippen LogP contribution is 2.35. The molecule has 86 valence electrons. The predicted molar refractivity (Wildman–Crippen MR) is 63.5 cm³/mol. The molecular weight excluding hydrogens is 184 g/mol. The van der Waals surface area contributed by atoms with Gasteiger partial charge in [0.25, 0.3) is 0 Å². The van der Waals surface area contributed by atoms with Crippen LogP contribution in [0.2, 0.25) is 0 Å². The summed E-state index contributed by atoms with van der Waals surface area (Å²) >= 11 is 0. The van der Waals surface area contributed by atoms with Gasteiger partial charge in [-0.25, -0.2) is 0 Å². The standard InChI is InChI=1S/C13H24N2/c1-4-5-10-15-11-6-7-12(8-9-14)13(15,2)3/h12H,4-8,10-11H2,1-3H3. The maximum atomic E-state index is 8.84. The topological polar surface area (TPSA) is 27.0 Å². The second-order valence-corrected chi connectivity index (χ2v) is 5.20. The Hall–Kier alpha value is -0.550. The molecule has 0 aromatic heterocycles. The number of nitrogens with zero attached hydrogens (tertiary/aromatic N) is 2. The lowest BCUT2D eigenvalue weighted by Gasteiger charge is -2.47. The van der Waals surface area contributed by atoms with Crippen LogP contribution < -0.4 is 0 Å². The van der Waals surface area contributed by atoms with Crippen molar-refractivity contribution in [3.05, 3.63) is 0 Å². The Morgan fingerprint density at radius 3 is 2.80 bits per heavy atom. The molecule has 0 bridgehead atoms. The molecule has 2 nitrogen and oxygen atoms in total. The molecule has 0 spiro atoms. The molecule has 0 aromatic carbocycles. The van der Waals surface area contributed by atoms with E-state index in [2.05, 4.69) is 31.7 Å². The van der Waals surface area contributed by atoms with Crippen LogP contribution in [0.1, 0.15) is 52.9 Å². The van der Waals surface area contributed by atoms with Crippen LogP contribution in [0.25, 0.3) is 0 Å². The van der Waals surface area contributed by atoms with Gasteiger partial charge in [-0.05, 0) is 52.1 Å². The molecule has 0 amide bonds. The van der Waals surface area contributed by atoms with Crippen LogP contribution in [0.5, 0.6) is 0 Å². The van der Waals surface area contributed by atoms with Gasteiger partial charge in [-0.15, -0.1) is 0 Å². The lowest BCUT2D eigenvalue weighted by atomic mass is 9.77. The first-order chi connectivity index (χ1) is 7.12. The van der Waals surface area contributed by atoms with Crippen molar-refractivity contribution in [3.8, 4) is 6.07 Å². The monoisotopic (exact) mass is 208 g/mol. The molecular formula is C13H24N2. The summed E-state index contributed by atoms with van der Waals surface area (Å²) in [5, 5.41) is 8.84. The fourth-order valence-corrected chi connectivity index (χ4v) is 2.64. The number of piperidine rings is 1. The molecule has 15 heavy (non-hydrogen) atoms. The third-order valence-electron chi connectivity index (χ3n) is 3.91. The number of hydrogen-bond donors (Lipinski definition) is 0. The minimum atomic E-state index is 0.225. The van der Waals surface area contributed by atoms with E-state index in [4.69, 9.17) is 5.26 Å². The summed E-state index contributed by atoms with van der Waals surface area (Å²) in [6.45, 7) is 9.28. The number of rotatable bonds is 4. The van der Waals surface area contributed by atoms with Crippen LogP contribution in [0, 0.1) is 17.2 Å². The Morgan fingerprint density at radius 2 is 2.20 bits per heavy atom. The summed E-state index contributed by atoms with van der Waals surface area (Å²) in [6, 6.07) is 2.34. The molecule has 1 fully saturated rings. The fraction of sp³-hybridized carbons (Fsp3) is 0.923. The minimum absolute atomic E-state index is 0.225. The molecule has 1 rings (SSSR count). The van der Waals surface area contributed by atoms with E-state index in [1.807, 2.05) is 0 Å². The molecule has 2 heteroatoms. The normalized spacial score (nSPS) is 26.1. The van der Waals surface area contributed by atoms with Gasteiger partial charge >= 0.3 is 0 Å². The fourth-order valence-electron chi connectivity index (χ4n) is 2.64. The highest BCUT2D eigenvalue weighted by Gasteiger charge is 2.37. The van der Waals surface area contributed by atoms with E-state index in [1.165, 1.54) is 38.8 Å². The first-order valence-corrected chi connectivity index (χ1v) is 6.25. The van der Waals surface area contributed by atoms with Gasteiger partial charge in [0.05, 0.1) is 6.07 Å². The summed E-state index contributed by atoms with van der Waals surface area (Å²) < 4.78 is 0. The Morgan fingerprint density at radius 1 is 1.47 bits per heavy atom. The van der Waals surface area contributed by atoms with Crippen molar-refractivity contribution >= 4 is 0 Å². The van der Waals surface area contributed by atoms with Crippen LogP contribution in [0.4, 0.5) is 0 Å². The van der Waals surface area contributed by atoms with Gasteiger partial charge in [0, 0.05) is 12.0 Å². The number of hydrogen-bond acceptors (Lipinski definition) is 2. The highest BCUT2D eigenvalue weighted by molar-refractivity contribution is 4.96. The number of likely N-dealkylation sites (tertiary alicyclic amines) is 1. The van der Waals surface area contributed by atoms with Gasteiger partial charge in [0.15, 0.2) is 0 Å². The van der Waals surface area contributed by atoms with Crippen molar-refractivity contribution < 1.29 is 0 Å². The van der Waals surface area contributed by atoms with Crippen LogP contribution in [-0.4, -0.2) is 23.5 Å². The summed E-state index contributed by atoms with van der Waals surface area (Å²) in [7, 11) is 0. The third kappa shape index (κ3) is 2.95. The summed E-state index contributed by atoms with van der Waals surface area (Å²) in [5.74, 6) is 0.563. The van der Waals surface area contributed by atoms with E-state index in [0.29, 0.717) is 5.92 Å². The van der Waals surface area contributed by atoms with Crippen molar-refractivity contribution in [3.63, 3.8) is 0 Å². The zero-order valence-corrected chi connectivity index (χ0v) is 10.4. The van der Waals surface area contributed by atoms with Crippen molar-refractivity contribution in [1.82, 2.24) is 4.90 Å². The molecule has 0 aromatic rings. The van der Waals surface area contributed by atoms with Gasteiger partial charge in [-0.3, -0.25) is 4.90 Å². The molecule has 1 heterocycles. The van der Waals surface area contributed by atoms with E-state index >= 15 is 0 Å². The molecule has 0 aliphatic carbocycles. The third-order valence-corrected chi connectivity index (χ3v) is 3.91. The van der Waals surface area contributed by atoms with E-state index < -0.39 is 0 Å². The summed E-state index contributed by atoms with van der Waals surface area (Å²) in [5.41, 5.74) is 0.225. The van der Waals surface area contributed by atoms with Gasteiger partial charge in [-0.2, -0.15) is 5.26 Å². The second kappa shape index (κ2) is 5.51. The number of unbranched alkanes of at least 4 members (excludes halogenated alkanes) is 1. The second-order valence-electron chi connectivity index (χ2n) is 5.20. The van der Waals surface area contributed by atoms with E-state index in [1.54, 1.807) is 0 Å². The quantitative estimate of drug-likeness (QED) is 0.709. The van der Waals surface area contributed by atoms with Crippen LogP contribution >= 0.6 is 0 Å². The molecule has 1 unspecified atom stereocenters. The highest BCUT2D eigenvalue weighted by atomic mass is 15.2. The van der Waals surface area contributed by atoms with Gasteiger partial charge in [-0.1, -0.05) is 13.3 Å². The van der Waals surface area contributed by atoms with E-state index in [9.17, 15) is 0 Å². The molecule has 0 saturated carbocycles. The lowest BCUT2D eigenvalue weighted by molar-refractivity contribution is 0.0229. The molecule has 1 aliphatic rings. The predicted octanol–water partition coefficient (Wildman–Crippen LogP) is 3.19. The van der Waals surface area contributed by atoms with Gasteiger partial charge in [0.2, 0.25) is 0 Å². The minimum Gasteiger partial charge on any atom is -0.298 e. The van der Waals surface area contributed by atoms with Crippen molar-refractivity contribution in [2.45, 2.75) is 58.4 Å². The zero-order valence-electron chi connectivity index (χ0n) is 10.4. The van der Waals surface area contributed by atoms with E-state index in [0.717, 1.165) is 6.42 Å². The lowest BCUT2D eigenvalue weighted by Crippen LogP contribution is -2.53. The Balaban J connectivity index is 2.60. The zero-order chi connectivity index (χ0) is 11.3. The van der Waals surface area contributed by atoms with Crippen LogP contribution in [0.3, 0.4) is 0 Å². The largest absolute Gasteiger partial charge is 0.298 e. The van der Waals surface area contributed by atoms with Gasteiger partial charge in [0.1, 0.15) is 0 Å². The summed E-state index contributed by atoms with van der Waals surface area (Å²) in [4.78, 5) is 2.59. The SMILES string of the molecule is CCCCN1CCCC(CC#N)C1(C)C. The van der Waals surface area contributed by atoms with Crippen LogP contribution in [-0.2, 0) is 0 Å². The number of nitriles is 1.